The zero-order valence-corrected chi connectivity index (χ0v) is 14.8. The van der Waals surface area contributed by atoms with Crippen LogP contribution in [0.5, 0.6) is 11.5 Å². The molecular weight excluding hydrogens is 330 g/mol. The van der Waals surface area contributed by atoms with Gasteiger partial charge in [0.2, 0.25) is 0 Å². The van der Waals surface area contributed by atoms with Crippen LogP contribution >= 0.6 is 0 Å². The van der Waals surface area contributed by atoms with Gasteiger partial charge >= 0.3 is 0 Å². The van der Waals surface area contributed by atoms with Gasteiger partial charge in [0.15, 0.2) is 0 Å². The highest BCUT2D eigenvalue weighted by Gasteiger charge is 2.25. The number of hydrogen-bond donors (Lipinski definition) is 0. The standard InChI is InChI=1S/C21H21NO4/c1-24-18-11-6-12-19(25-2)20(18)21(23)22(15-17-10-7-13-26-17)14-16-8-4-3-5-9-16/h3-13H,14-15H2,1-2H3. The topological polar surface area (TPSA) is 51.9 Å². The molecule has 5 nitrogen and oxygen atoms in total. The van der Waals surface area contributed by atoms with Gasteiger partial charge in [-0.15, -0.1) is 0 Å². The third-order valence-electron chi connectivity index (χ3n) is 4.07. The number of nitrogens with zero attached hydrogens (tertiary/aromatic N) is 1. The van der Waals surface area contributed by atoms with Crippen molar-refractivity contribution in [1.82, 2.24) is 4.90 Å². The number of methoxy groups -OCH3 is 2. The first kappa shape index (κ1) is 17.6. The summed E-state index contributed by atoms with van der Waals surface area (Å²) in [5.74, 6) is 1.49. The second kappa shape index (κ2) is 8.25. The summed E-state index contributed by atoms with van der Waals surface area (Å²) in [6.45, 7) is 0.795. The van der Waals surface area contributed by atoms with Crippen molar-refractivity contribution in [2.24, 2.45) is 0 Å². The number of carbonyl (C=O) groups excluding carboxylic acids is 1. The average molecular weight is 351 g/mol. The van der Waals surface area contributed by atoms with Crippen LogP contribution in [0.2, 0.25) is 0 Å². The van der Waals surface area contributed by atoms with Crippen molar-refractivity contribution in [3.8, 4) is 11.5 Å². The van der Waals surface area contributed by atoms with Crippen LogP contribution < -0.4 is 9.47 Å². The molecule has 2 aromatic carbocycles. The first-order valence-corrected chi connectivity index (χ1v) is 8.29. The zero-order valence-electron chi connectivity index (χ0n) is 14.8. The van der Waals surface area contributed by atoms with Gasteiger partial charge < -0.3 is 18.8 Å². The summed E-state index contributed by atoms with van der Waals surface area (Å²) in [5.41, 5.74) is 1.43. The fourth-order valence-corrected chi connectivity index (χ4v) is 2.81. The van der Waals surface area contributed by atoms with Gasteiger partial charge in [0.1, 0.15) is 22.8 Å². The Labute approximate surface area is 152 Å². The SMILES string of the molecule is COc1cccc(OC)c1C(=O)N(Cc1ccccc1)Cc1ccco1. The summed E-state index contributed by atoms with van der Waals surface area (Å²) in [4.78, 5) is 15.1. The van der Waals surface area contributed by atoms with Crippen LogP contribution in [0.4, 0.5) is 0 Å². The van der Waals surface area contributed by atoms with E-state index in [0.29, 0.717) is 35.9 Å². The molecule has 134 valence electrons. The Morgan fingerprint density at radius 2 is 1.58 bits per heavy atom. The van der Waals surface area contributed by atoms with E-state index in [2.05, 4.69) is 0 Å². The number of amides is 1. The largest absolute Gasteiger partial charge is 0.496 e. The molecule has 0 saturated heterocycles. The molecule has 3 rings (SSSR count). The number of hydrogen-bond acceptors (Lipinski definition) is 4. The fraction of sp³-hybridized carbons (Fsp3) is 0.190. The van der Waals surface area contributed by atoms with Gasteiger partial charge in [-0.25, -0.2) is 0 Å². The molecule has 1 heterocycles. The molecule has 0 saturated carbocycles. The molecule has 1 aromatic heterocycles. The summed E-state index contributed by atoms with van der Waals surface area (Å²) in [5, 5.41) is 0. The zero-order chi connectivity index (χ0) is 18.4. The van der Waals surface area contributed by atoms with Gasteiger partial charge in [0.25, 0.3) is 5.91 Å². The van der Waals surface area contributed by atoms with Crippen LogP contribution in [0.3, 0.4) is 0 Å². The molecule has 0 atom stereocenters. The molecule has 0 N–H and O–H groups in total. The van der Waals surface area contributed by atoms with Crippen LogP contribution in [-0.2, 0) is 13.1 Å². The fourth-order valence-electron chi connectivity index (χ4n) is 2.81. The Hall–Kier alpha value is -3.21. The number of benzene rings is 2. The van der Waals surface area contributed by atoms with Crippen molar-refractivity contribution in [3.63, 3.8) is 0 Å². The Kier molecular flexibility index (Phi) is 5.59. The summed E-state index contributed by atoms with van der Waals surface area (Å²) in [6, 6.07) is 18.8. The maximum atomic E-state index is 13.4. The van der Waals surface area contributed by atoms with Crippen molar-refractivity contribution in [3.05, 3.63) is 83.8 Å². The predicted molar refractivity (Wildman–Crippen MR) is 98.3 cm³/mol. The monoisotopic (exact) mass is 351 g/mol. The Balaban J connectivity index is 1.97. The highest BCUT2D eigenvalue weighted by atomic mass is 16.5. The number of carbonyl (C=O) groups is 1. The van der Waals surface area contributed by atoms with E-state index in [1.807, 2.05) is 42.5 Å². The van der Waals surface area contributed by atoms with E-state index in [1.54, 1.807) is 43.6 Å². The maximum absolute atomic E-state index is 13.4. The number of rotatable bonds is 7. The summed E-state index contributed by atoms with van der Waals surface area (Å²) < 4.78 is 16.2. The number of ether oxygens (including phenoxy) is 2. The molecule has 0 spiro atoms. The molecule has 1 amide bonds. The van der Waals surface area contributed by atoms with Crippen molar-refractivity contribution in [2.45, 2.75) is 13.1 Å². The van der Waals surface area contributed by atoms with E-state index in [1.165, 1.54) is 0 Å². The smallest absolute Gasteiger partial charge is 0.262 e. The minimum Gasteiger partial charge on any atom is -0.496 e. The molecule has 0 fully saturated rings. The summed E-state index contributed by atoms with van der Waals surface area (Å²) in [7, 11) is 3.08. The lowest BCUT2D eigenvalue weighted by molar-refractivity contribution is 0.0710. The molecule has 0 unspecified atom stereocenters. The van der Waals surface area contributed by atoms with Crippen molar-refractivity contribution in [2.75, 3.05) is 14.2 Å². The van der Waals surface area contributed by atoms with Crippen molar-refractivity contribution >= 4 is 5.91 Å². The van der Waals surface area contributed by atoms with Gasteiger partial charge in [-0.1, -0.05) is 36.4 Å². The van der Waals surface area contributed by atoms with Crippen LogP contribution in [0.15, 0.2) is 71.3 Å². The van der Waals surface area contributed by atoms with E-state index in [-0.39, 0.29) is 5.91 Å². The quantitative estimate of drug-likeness (QED) is 0.642. The first-order chi connectivity index (χ1) is 12.7. The molecule has 3 aromatic rings. The predicted octanol–water partition coefficient (Wildman–Crippen LogP) is 4.14. The molecular formula is C21H21NO4. The van der Waals surface area contributed by atoms with E-state index < -0.39 is 0 Å². The van der Waals surface area contributed by atoms with Crippen LogP contribution in [0.25, 0.3) is 0 Å². The van der Waals surface area contributed by atoms with Crippen LogP contribution in [0.1, 0.15) is 21.7 Å². The molecule has 0 aliphatic carbocycles. The lowest BCUT2D eigenvalue weighted by Gasteiger charge is -2.24. The van der Waals surface area contributed by atoms with Crippen LogP contribution in [-0.4, -0.2) is 25.0 Å². The molecule has 26 heavy (non-hydrogen) atoms. The maximum Gasteiger partial charge on any atom is 0.262 e. The van der Waals surface area contributed by atoms with E-state index in [9.17, 15) is 4.79 Å². The van der Waals surface area contributed by atoms with Gasteiger partial charge in [0.05, 0.1) is 27.0 Å². The second-order valence-corrected chi connectivity index (χ2v) is 5.76. The molecule has 0 aliphatic heterocycles. The lowest BCUT2D eigenvalue weighted by atomic mass is 10.1. The Morgan fingerprint density at radius 3 is 2.15 bits per heavy atom. The summed E-state index contributed by atoms with van der Waals surface area (Å²) >= 11 is 0. The molecule has 0 aliphatic rings. The van der Waals surface area contributed by atoms with Gasteiger partial charge in [-0.3, -0.25) is 4.79 Å². The molecule has 0 bridgehead atoms. The highest BCUT2D eigenvalue weighted by molar-refractivity contribution is 5.99. The third-order valence-corrected chi connectivity index (χ3v) is 4.07. The first-order valence-electron chi connectivity index (χ1n) is 8.29. The molecule has 0 radical (unpaired) electrons. The van der Waals surface area contributed by atoms with E-state index in [4.69, 9.17) is 13.9 Å². The van der Waals surface area contributed by atoms with Crippen LogP contribution in [0, 0.1) is 0 Å². The van der Waals surface area contributed by atoms with Gasteiger partial charge in [-0.2, -0.15) is 0 Å². The Bertz CT molecular complexity index is 821. The average Bonchev–Trinajstić information content (AvgIpc) is 3.20. The van der Waals surface area contributed by atoms with Crippen molar-refractivity contribution in [1.29, 1.82) is 0 Å². The Morgan fingerprint density at radius 1 is 0.885 bits per heavy atom. The molecule has 5 heteroatoms. The third kappa shape index (κ3) is 3.88. The normalized spacial score (nSPS) is 10.4. The minimum absolute atomic E-state index is 0.181. The van der Waals surface area contributed by atoms with Crippen molar-refractivity contribution < 1.29 is 18.7 Å². The van der Waals surface area contributed by atoms with E-state index >= 15 is 0 Å². The summed E-state index contributed by atoms with van der Waals surface area (Å²) in [6.07, 6.45) is 1.60. The highest BCUT2D eigenvalue weighted by Crippen LogP contribution is 2.30. The lowest BCUT2D eigenvalue weighted by Crippen LogP contribution is -2.30. The second-order valence-electron chi connectivity index (χ2n) is 5.76. The van der Waals surface area contributed by atoms with Gasteiger partial charge in [-0.05, 0) is 29.8 Å². The van der Waals surface area contributed by atoms with Gasteiger partial charge in [0, 0.05) is 6.54 Å². The van der Waals surface area contributed by atoms with E-state index in [0.717, 1.165) is 5.56 Å². The number of furan rings is 1. The minimum atomic E-state index is -0.181.